The van der Waals surface area contributed by atoms with E-state index in [1.807, 2.05) is 0 Å². The summed E-state index contributed by atoms with van der Waals surface area (Å²) < 4.78 is 83.2. The largest absolute Gasteiger partial charge is 0.423 e. The van der Waals surface area contributed by atoms with Crippen molar-refractivity contribution in [2.75, 3.05) is 31.6 Å². The van der Waals surface area contributed by atoms with Crippen LogP contribution < -0.4 is 10.9 Å². The van der Waals surface area contributed by atoms with Crippen molar-refractivity contribution in [2.45, 2.75) is 56.6 Å². The monoisotopic (exact) mass is 552 g/mol. The fourth-order valence-electron chi connectivity index (χ4n) is 3.90. The van der Waals surface area contributed by atoms with E-state index < -0.39 is 46.9 Å². The van der Waals surface area contributed by atoms with Crippen LogP contribution in [0.15, 0.2) is 23.4 Å². The van der Waals surface area contributed by atoms with Crippen LogP contribution in [0.2, 0.25) is 0 Å². The van der Waals surface area contributed by atoms with Crippen LogP contribution in [0.3, 0.4) is 0 Å². The molecule has 3 N–H and O–H groups in total. The van der Waals surface area contributed by atoms with E-state index in [1.165, 1.54) is 6.92 Å². The number of nitrogens with one attached hydrogen (secondary N) is 2. The normalized spacial score (nSPS) is 16.8. The van der Waals surface area contributed by atoms with E-state index >= 15 is 0 Å². The molecule has 0 bridgehead atoms. The second-order valence-corrected chi connectivity index (χ2v) is 8.78. The van der Waals surface area contributed by atoms with Crippen molar-refractivity contribution in [1.29, 1.82) is 0 Å². The molecule has 1 saturated heterocycles. The number of anilines is 1. The van der Waals surface area contributed by atoms with Crippen LogP contribution >= 0.6 is 0 Å². The van der Waals surface area contributed by atoms with Gasteiger partial charge in [-0.2, -0.15) is 31.4 Å². The molecule has 38 heavy (non-hydrogen) atoms. The summed E-state index contributed by atoms with van der Waals surface area (Å²) >= 11 is 0. The SMILES string of the molecule is C[C@@H](O)[C@@H](COCCC(=O)N1CCC(c2ncc(C(F)(F)F)cn2)CC1)Nc1cn[nH]c(=O)c1C(F)(F)F. The Balaban J connectivity index is 1.46. The van der Waals surface area contributed by atoms with Gasteiger partial charge in [0.15, 0.2) is 0 Å². The van der Waals surface area contributed by atoms with E-state index in [4.69, 9.17) is 4.74 Å². The Morgan fingerprint density at radius 1 is 1.16 bits per heavy atom. The maximum atomic E-state index is 13.2. The van der Waals surface area contributed by atoms with Crippen molar-refractivity contribution in [3.05, 3.63) is 45.9 Å². The van der Waals surface area contributed by atoms with Crippen molar-refractivity contribution in [2.24, 2.45) is 0 Å². The number of carbonyl (C=O) groups is 1. The number of carbonyl (C=O) groups excluding carboxylic acids is 1. The minimum Gasteiger partial charge on any atom is -0.391 e. The van der Waals surface area contributed by atoms with Gasteiger partial charge in [-0.05, 0) is 19.8 Å². The molecule has 0 saturated carbocycles. The average Bonchev–Trinajstić information content (AvgIpc) is 2.84. The number of aromatic nitrogens is 4. The fourth-order valence-corrected chi connectivity index (χ4v) is 3.90. The van der Waals surface area contributed by atoms with Gasteiger partial charge in [-0.1, -0.05) is 0 Å². The summed E-state index contributed by atoms with van der Waals surface area (Å²) in [5.74, 6) is -0.136. The second-order valence-electron chi connectivity index (χ2n) is 8.78. The lowest BCUT2D eigenvalue weighted by molar-refractivity contribution is -0.139. The number of hydrogen-bond donors (Lipinski definition) is 3. The quantitative estimate of drug-likeness (QED) is 0.320. The second kappa shape index (κ2) is 12.1. The van der Waals surface area contributed by atoms with Gasteiger partial charge in [-0.3, -0.25) is 9.59 Å². The van der Waals surface area contributed by atoms with Gasteiger partial charge in [0.2, 0.25) is 5.91 Å². The molecule has 1 aliphatic heterocycles. The van der Waals surface area contributed by atoms with Crippen molar-refractivity contribution in [1.82, 2.24) is 25.1 Å². The first-order valence-corrected chi connectivity index (χ1v) is 11.6. The van der Waals surface area contributed by atoms with Crippen molar-refractivity contribution >= 4 is 11.6 Å². The van der Waals surface area contributed by atoms with Crippen LogP contribution in [0.25, 0.3) is 0 Å². The summed E-state index contributed by atoms with van der Waals surface area (Å²) in [5.41, 5.74) is -4.48. The van der Waals surface area contributed by atoms with Gasteiger partial charge >= 0.3 is 12.4 Å². The standard InChI is InChI=1S/C22H26F6N6O4/c1-12(35)16(32-15-10-31-33-20(37)18(15)22(26,27)28)11-38-7-4-17(36)34-5-2-13(3-6-34)19-29-8-14(9-30-19)21(23,24)25/h8-10,12-13,16,35H,2-7,11H2,1H3,(H2,32,33,37)/t12-,16-/m1/s1. The third kappa shape index (κ3) is 7.63. The number of aliphatic hydroxyl groups excluding tert-OH is 1. The first-order chi connectivity index (χ1) is 17.8. The van der Waals surface area contributed by atoms with E-state index in [0.29, 0.717) is 25.9 Å². The molecule has 1 fully saturated rings. The van der Waals surface area contributed by atoms with Gasteiger partial charge in [0.1, 0.15) is 11.4 Å². The number of amides is 1. The highest BCUT2D eigenvalue weighted by Crippen LogP contribution is 2.32. The van der Waals surface area contributed by atoms with E-state index in [2.05, 4.69) is 20.4 Å². The average molecular weight is 552 g/mol. The molecule has 0 unspecified atom stereocenters. The summed E-state index contributed by atoms with van der Waals surface area (Å²) in [6, 6.07) is -1.03. The van der Waals surface area contributed by atoms with Gasteiger partial charge in [0, 0.05) is 31.4 Å². The molecule has 2 aromatic rings. The van der Waals surface area contributed by atoms with Crippen LogP contribution in [-0.4, -0.2) is 74.5 Å². The van der Waals surface area contributed by atoms with Gasteiger partial charge in [-0.15, -0.1) is 0 Å². The Labute approximate surface area is 212 Å². The smallest absolute Gasteiger partial charge is 0.391 e. The maximum absolute atomic E-state index is 13.2. The molecule has 2 atom stereocenters. The number of H-pyrrole nitrogens is 1. The predicted octanol–water partition coefficient (Wildman–Crippen LogP) is 2.57. The van der Waals surface area contributed by atoms with Gasteiger partial charge in [-0.25, -0.2) is 15.1 Å². The van der Waals surface area contributed by atoms with Crippen LogP contribution in [0.1, 0.15) is 49.1 Å². The zero-order valence-electron chi connectivity index (χ0n) is 20.1. The molecule has 0 aromatic carbocycles. The van der Waals surface area contributed by atoms with E-state index in [0.717, 1.165) is 18.6 Å². The number of hydrogen-bond acceptors (Lipinski definition) is 8. The maximum Gasteiger partial charge on any atom is 0.423 e. The van der Waals surface area contributed by atoms with Crippen LogP contribution in [0.5, 0.6) is 0 Å². The third-order valence-corrected chi connectivity index (χ3v) is 6.03. The van der Waals surface area contributed by atoms with Gasteiger partial charge in [0.25, 0.3) is 5.56 Å². The van der Waals surface area contributed by atoms with Gasteiger partial charge in [0.05, 0.1) is 49.2 Å². The molecule has 1 aliphatic rings. The lowest BCUT2D eigenvalue weighted by atomic mass is 9.95. The summed E-state index contributed by atoms with van der Waals surface area (Å²) in [4.78, 5) is 33.3. The Morgan fingerprint density at radius 2 is 1.79 bits per heavy atom. The molecule has 0 radical (unpaired) electrons. The van der Waals surface area contributed by atoms with Crippen LogP contribution in [-0.2, 0) is 21.9 Å². The first-order valence-electron chi connectivity index (χ1n) is 11.6. The minimum absolute atomic E-state index is 0.0334. The summed E-state index contributed by atoms with van der Waals surface area (Å²) in [7, 11) is 0. The molecule has 16 heteroatoms. The zero-order valence-corrected chi connectivity index (χ0v) is 20.1. The Kier molecular flexibility index (Phi) is 9.30. The van der Waals surface area contributed by atoms with E-state index in [1.54, 1.807) is 10.00 Å². The molecule has 0 spiro atoms. The summed E-state index contributed by atoms with van der Waals surface area (Å²) in [6.45, 7) is 1.68. The van der Waals surface area contributed by atoms with Crippen molar-refractivity contribution < 1.29 is 41.0 Å². The minimum atomic E-state index is -4.96. The predicted molar refractivity (Wildman–Crippen MR) is 120 cm³/mol. The number of aromatic amines is 1. The molecule has 1 amide bonds. The highest BCUT2D eigenvalue weighted by molar-refractivity contribution is 5.76. The molecule has 3 rings (SSSR count). The lowest BCUT2D eigenvalue weighted by Crippen LogP contribution is -2.39. The van der Waals surface area contributed by atoms with E-state index in [9.17, 15) is 41.0 Å². The number of alkyl halides is 6. The zero-order chi connectivity index (χ0) is 28.1. The third-order valence-electron chi connectivity index (χ3n) is 6.03. The Hall–Kier alpha value is -3.27. The van der Waals surface area contributed by atoms with Crippen LogP contribution in [0.4, 0.5) is 32.0 Å². The fraction of sp³-hybridized carbons (Fsp3) is 0.591. The lowest BCUT2D eigenvalue weighted by Gasteiger charge is -2.31. The van der Waals surface area contributed by atoms with Crippen LogP contribution in [0, 0.1) is 0 Å². The molecule has 2 aromatic heterocycles. The summed E-state index contributed by atoms with van der Waals surface area (Å²) in [5, 5.41) is 17.5. The van der Waals surface area contributed by atoms with E-state index in [-0.39, 0.29) is 37.3 Å². The first kappa shape index (κ1) is 29.3. The van der Waals surface area contributed by atoms with Crippen molar-refractivity contribution in [3.63, 3.8) is 0 Å². The number of halogens is 6. The summed E-state index contributed by atoms with van der Waals surface area (Å²) in [6.07, 6.45) is -7.48. The topological polar surface area (TPSA) is 133 Å². The number of rotatable bonds is 9. The number of ether oxygens (including phenoxy) is 1. The van der Waals surface area contributed by atoms with Gasteiger partial charge < -0.3 is 20.1 Å². The highest BCUT2D eigenvalue weighted by atomic mass is 19.4. The molecule has 10 nitrogen and oxygen atoms in total. The molecule has 210 valence electrons. The molecular formula is C22H26F6N6O4. The number of aliphatic hydroxyl groups is 1. The highest BCUT2D eigenvalue weighted by Gasteiger charge is 2.38. The number of nitrogens with zero attached hydrogens (tertiary/aromatic N) is 4. The Morgan fingerprint density at radius 3 is 2.34 bits per heavy atom. The molecular weight excluding hydrogens is 526 g/mol. The number of likely N-dealkylation sites (tertiary alicyclic amines) is 1. The van der Waals surface area contributed by atoms with Crippen molar-refractivity contribution in [3.8, 4) is 0 Å². The number of piperidine rings is 1. The Bertz CT molecular complexity index is 1130. The molecule has 0 aliphatic carbocycles. The molecule has 3 heterocycles.